The predicted octanol–water partition coefficient (Wildman–Crippen LogP) is 17.8. The van der Waals surface area contributed by atoms with Gasteiger partial charge in [0, 0.05) is 0 Å². The van der Waals surface area contributed by atoms with Crippen LogP contribution in [0.25, 0.3) is 0 Å². The van der Waals surface area contributed by atoms with Gasteiger partial charge in [-0.05, 0) is 19.3 Å². The highest BCUT2D eigenvalue weighted by Gasteiger charge is 2.10. The Hall–Kier alpha value is -0.120. The van der Waals surface area contributed by atoms with Crippen molar-refractivity contribution in [3.63, 3.8) is 0 Å². The highest BCUT2D eigenvalue weighted by molar-refractivity contribution is 4.53. The van der Waals surface area contributed by atoms with E-state index in [1.54, 1.807) is 0 Å². The number of unbranched alkanes of at least 4 members (excludes halogenated alkanes) is 39. The Labute approximate surface area is 330 Å². The summed E-state index contributed by atoms with van der Waals surface area (Å²) in [7, 11) is 0. The van der Waals surface area contributed by atoms with Crippen molar-refractivity contribution in [2.45, 2.75) is 297 Å². The van der Waals surface area contributed by atoms with Crippen molar-refractivity contribution >= 4 is 0 Å². The first-order chi connectivity index (χ1) is 25.8. The Morgan fingerprint density at radius 2 is 0.327 bits per heavy atom. The molecule has 3 heteroatoms. The monoisotopic (exact) mass is 737 g/mol. The molecular weight excluding hydrogens is 637 g/mol. The molecule has 0 fully saturated rings. The molecule has 0 heterocycles. The molecule has 3 nitrogen and oxygen atoms in total. The fraction of sp³-hybridized carbons (Fsp3) is 1.00. The summed E-state index contributed by atoms with van der Waals surface area (Å²) in [5, 5.41) is 0. The zero-order valence-electron chi connectivity index (χ0n) is 36.6. The van der Waals surface area contributed by atoms with Gasteiger partial charge >= 0.3 is 0 Å². The van der Waals surface area contributed by atoms with Gasteiger partial charge < -0.3 is 14.2 Å². The van der Waals surface area contributed by atoms with E-state index in [0.717, 1.165) is 39.1 Å². The van der Waals surface area contributed by atoms with Crippen molar-refractivity contribution in [3.8, 4) is 0 Å². The standard InChI is InChI=1S/C49H100O3/c1-4-7-10-13-16-19-22-25-28-31-34-37-40-43-46-50-49(51-47-44-41-38-35-32-29-26-23-20-17-14-11-8-5-2)52-48-45-42-39-36-33-30-27-24-21-18-15-12-9-6-3/h49H,4-48H2,1-3H3. The quantitative estimate of drug-likeness (QED) is 0.0460. The third-order valence-electron chi connectivity index (χ3n) is 11.3. The second kappa shape index (κ2) is 48.9. The van der Waals surface area contributed by atoms with E-state index < -0.39 is 6.48 Å². The second-order valence-corrected chi connectivity index (χ2v) is 16.7. The van der Waals surface area contributed by atoms with Crippen molar-refractivity contribution < 1.29 is 14.2 Å². The first kappa shape index (κ1) is 51.9. The van der Waals surface area contributed by atoms with Gasteiger partial charge in [-0.2, -0.15) is 0 Å². The lowest BCUT2D eigenvalue weighted by Gasteiger charge is -2.19. The molecule has 0 aromatic carbocycles. The molecule has 0 radical (unpaired) electrons. The average Bonchev–Trinajstić information content (AvgIpc) is 3.15. The summed E-state index contributed by atoms with van der Waals surface area (Å²) in [6, 6.07) is 0. The molecule has 0 bridgehead atoms. The van der Waals surface area contributed by atoms with Gasteiger partial charge in [-0.1, -0.05) is 271 Å². The highest BCUT2D eigenvalue weighted by Crippen LogP contribution is 2.16. The minimum atomic E-state index is -0.467. The zero-order valence-corrected chi connectivity index (χ0v) is 36.6. The second-order valence-electron chi connectivity index (χ2n) is 16.7. The summed E-state index contributed by atoms with van der Waals surface area (Å²) >= 11 is 0. The van der Waals surface area contributed by atoms with Crippen molar-refractivity contribution in [3.05, 3.63) is 0 Å². The van der Waals surface area contributed by atoms with Crippen LogP contribution in [0.15, 0.2) is 0 Å². The molecule has 52 heavy (non-hydrogen) atoms. The van der Waals surface area contributed by atoms with E-state index in [1.165, 1.54) is 250 Å². The normalized spacial score (nSPS) is 11.8. The maximum Gasteiger partial charge on any atom is 0.271 e. The molecule has 0 N–H and O–H groups in total. The summed E-state index contributed by atoms with van der Waals surface area (Å²) in [4.78, 5) is 0. The Morgan fingerprint density at radius 3 is 0.481 bits per heavy atom. The van der Waals surface area contributed by atoms with Gasteiger partial charge in [0.1, 0.15) is 0 Å². The molecule has 0 aliphatic heterocycles. The largest absolute Gasteiger partial charge is 0.330 e. The van der Waals surface area contributed by atoms with Gasteiger partial charge in [0.25, 0.3) is 6.48 Å². The molecule has 0 saturated heterocycles. The molecule has 0 unspecified atom stereocenters. The number of hydrogen-bond donors (Lipinski definition) is 0. The molecule has 0 aromatic rings. The van der Waals surface area contributed by atoms with Gasteiger partial charge in [0.15, 0.2) is 0 Å². The number of ether oxygens (including phenoxy) is 3. The van der Waals surface area contributed by atoms with E-state index >= 15 is 0 Å². The van der Waals surface area contributed by atoms with Crippen LogP contribution in [0.3, 0.4) is 0 Å². The van der Waals surface area contributed by atoms with Gasteiger partial charge in [0.05, 0.1) is 19.8 Å². The SMILES string of the molecule is CCCCCCCCCCCCCCCCOC(OCCCCCCCCCCCCCCCC)OCCCCCCCCCCCCCCCC. The maximum atomic E-state index is 6.14. The third kappa shape index (κ3) is 46.0. The smallest absolute Gasteiger partial charge is 0.271 e. The van der Waals surface area contributed by atoms with E-state index in [4.69, 9.17) is 14.2 Å². The topological polar surface area (TPSA) is 27.7 Å². The van der Waals surface area contributed by atoms with Crippen LogP contribution in [0.5, 0.6) is 0 Å². The van der Waals surface area contributed by atoms with Crippen LogP contribution in [0.1, 0.15) is 290 Å². The molecule has 0 rings (SSSR count). The predicted molar refractivity (Wildman–Crippen MR) is 233 cm³/mol. The van der Waals surface area contributed by atoms with Crippen LogP contribution in [-0.4, -0.2) is 26.3 Å². The molecule has 0 amide bonds. The van der Waals surface area contributed by atoms with Crippen molar-refractivity contribution in [2.24, 2.45) is 0 Å². The van der Waals surface area contributed by atoms with E-state index in [9.17, 15) is 0 Å². The fourth-order valence-electron chi connectivity index (χ4n) is 7.57. The first-order valence-corrected chi connectivity index (χ1v) is 24.7. The van der Waals surface area contributed by atoms with Crippen molar-refractivity contribution in [2.75, 3.05) is 19.8 Å². The molecule has 0 saturated carbocycles. The van der Waals surface area contributed by atoms with Crippen LogP contribution in [-0.2, 0) is 14.2 Å². The number of rotatable bonds is 48. The third-order valence-corrected chi connectivity index (χ3v) is 11.3. The first-order valence-electron chi connectivity index (χ1n) is 24.7. The summed E-state index contributed by atoms with van der Waals surface area (Å²) in [5.41, 5.74) is 0. The molecule has 0 aromatic heterocycles. The van der Waals surface area contributed by atoms with E-state index in [1.807, 2.05) is 0 Å². The van der Waals surface area contributed by atoms with Crippen molar-refractivity contribution in [1.29, 1.82) is 0 Å². The van der Waals surface area contributed by atoms with Gasteiger partial charge in [-0.3, -0.25) is 0 Å². The lowest BCUT2D eigenvalue weighted by atomic mass is 10.0. The molecule has 0 aliphatic carbocycles. The lowest BCUT2D eigenvalue weighted by Crippen LogP contribution is -2.23. The highest BCUT2D eigenvalue weighted by atomic mass is 16.8. The minimum absolute atomic E-state index is 0.467. The molecule has 314 valence electrons. The summed E-state index contributed by atoms with van der Waals surface area (Å²) in [5.74, 6) is 0. The van der Waals surface area contributed by atoms with Crippen LogP contribution in [0, 0.1) is 0 Å². The van der Waals surface area contributed by atoms with Crippen LogP contribution >= 0.6 is 0 Å². The van der Waals surface area contributed by atoms with Crippen LogP contribution < -0.4 is 0 Å². The molecular formula is C49H100O3. The number of hydrogen-bond acceptors (Lipinski definition) is 3. The van der Waals surface area contributed by atoms with Crippen molar-refractivity contribution in [1.82, 2.24) is 0 Å². The van der Waals surface area contributed by atoms with Gasteiger partial charge in [-0.15, -0.1) is 0 Å². The Kier molecular flexibility index (Phi) is 48.8. The lowest BCUT2D eigenvalue weighted by molar-refractivity contribution is -0.288. The van der Waals surface area contributed by atoms with E-state index in [0.29, 0.717) is 0 Å². The zero-order chi connectivity index (χ0) is 37.5. The summed E-state index contributed by atoms with van der Waals surface area (Å²) < 4.78 is 18.4. The Balaban J connectivity index is 3.94. The summed E-state index contributed by atoms with van der Waals surface area (Å²) in [6.07, 6.45) is 58.2. The molecule has 0 aliphatic rings. The fourth-order valence-corrected chi connectivity index (χ4v) is 7.57. The summed E-state index contributed by atoms with van der Waals surface area (Å²) in [6.45, 7) is 8.73. The Morgan fingerprint density at radius 1 is 0.192 bits per heavy atom. The maximum absolute atomic E-state index is 6.14. The van der Waals surface area contributed by atoms with Gasteiger partial charge in [0.2, 0.25) is 0 Å². The Bertz CT molecular complexity index is 514. The van der Waals surface area contributed by atoms with E-state index in [-0.39, 0.29) is 0 Å². The molecule has 0 atom stereocenters. The van der Waals surface area contributed by atoms with Crippen LogP contribution in [0.4, 0.5) is 0 Å². The van der Waals surface area contributed by atoms with Gasteiger partial charge in [-0.25, -0.2) is 0 Å². The minimum Gasteiger partial charge on any atom is -0.330 e. The van der Waals surface area contributed by atoms with E-state index in [2.05, 4.69) is 20.8 Å². The molecule has 0 spiro atoms. The van der Waals surface area contributed by atoms with Crippen LogP contribution in [0.2, 0.25) is 0 Å². The average molecular weight is 737 g/mol.